The van der Waals surface area contributed by atoms with Gasteiger partial charge in [0.2, 0.25) is 17.5 Å². The monoisotopic (exact) mass is 522 g/mol. The smallest absolute Gasteiger partial charge is 0.370 e. The van der Waals surface area contributed by atoms with Gasteiger partial charge in [0.15, 0.2) is 11.7 Å². The fourth-order valence-electron chi connectivity index (χ4n) is 3.24. The highest BCUT2D eigenvalue weighted by molar-refractivity contribution is 9.10. The SMILES string of the molecule is N/C(=N/C(=O)CC1CCC1)NCCNc1nonc1-c1noc(=O)n1-c1ccc(F)c(Br)c1. The molecule has 0 atom stereocenters. The van der Waals surface area contributed by atoms with Crippen LogP contribution in [0.5, 0.6) is 0 Å². The topological polar surface area (TPSA) is 166 Å². The van der Waals surface area contributed by atoms with Gasteiger partial charge in [0.25, 0.3) is 0 Å². The van der Waals surface area contributed by atoms with E-state index >= 15 is 0 Å². The minimum absolute atomic E-state index is 0.0119. The number of nitrogens with zero attached hydrogens (tertiary/aromatic N) is 5. The zero-order valence-corrected chi connectivity index (χ0v) is 18.8. The Bertz CT molecular complexity index is 1230. The second-order valence-corrected chi connectivity index (χ2v) is 8.27. The minimum Gasteiger partial charge on any atom is -0.370 e. The summed E-state index contributed by atoms with van der Waals surface area (Å²) in [5, 5.41) is 17.1. The van der Waals surface area contributed by atoms with Crippen molar-refractivity contribution in [1.29, 1.82) is 0 Å². The van der Waals surface area contributed by atoms with E-state index in [1.807, 2.05) is 0 Å². The first kappa shape index (κ1) is 22.6. The fourth-order valence-corrected chi connectivity index (χ4v) is 3.60. The number of rotatable bonds is 8. The Kier molecular flexibility index (Phi) is 6.82. The van der Waals surface area contributed by atoms with E-state index in [2.05, 4.69) is 47.0 Å². The van der Waals surface area contributed by atoms with Crippen molar-refractivity contribution < 1.29 is 18.3 Å². The van der Waals surface area contributed by atoms with Crippen LogP contribution in [0.3, 0.4) is 0 Å². The summed E-state index contributed by atoms with van der Waals surface area (Å²) in [5.74, 6) is -0.873. The molecule has 0 radical (unpaired) electrons. The van der Waals surface area contributed by atoms with Crippen LogP contribution in [-0.4, -0.2) is 45.0 Å². The maximum Gasteiger partial charge on any atom is 0.446 e. The van der Waals surface area contributed by atoms with Crippen molar-refractivity contribution in [3.8, 4) is 17.2 Å². The molecule has 0 aliphatic heterocycles. The number of hydrogen-bond donors (Lipinski definition) is 3. The third-order valence-corrected chi connectivity index (χ3v) is 5.73. The standard InChI is InChI=1S/C19H20BrFN8O4/c20-12-9-11(4-5-13(12)21)29-17(28-32-19(29)31)15-16(27-33-26-15)23-6-7-24-18(22)25-14(30)8-10-2-1-3-10/h4-5,9-10H,1-3,6-8H2,(H,23,27)(H3,22,24,25,30). The van der Waals surface area contributed by atoms with Crippen LogP contribution in [-0.2, 0) is 4.79 Å². The minimum atomic E-state index is -0.797. The van der Waals surface area contributed by atoms with Crippen molar-refractivity contribution in [2.24, 2.45) is 16.6 Å². The molecule has 0 spiro atoms. The van der Waals surface area contributed by atoms with Gasteiger partial charge in [-0.1, -0.05) is 11.6 Å². The Morgan fingerprint density at radius 3 is 2.85 bits per heavy atom. The van der Waals surface area contributed by atoms with Gasteiger partial charge in [-0.05, 0) is 63.2 Å². The van der Waals surface area contributed by atoms with Crippen molar-refractivity contribution in [3.63, 3.8) is 0 Å². The van der Waals surface area contributed by atoms with Crippen LogP contribution >= 0.6 is 15.9 Å². The summed E-state index contributed by atoms with van der Waals surface area (Å²) in [4.78, 5) is 27.9. The molecule has 0 bridgehead atoms. The van der Waals surface area contributed by atoms with E-state index in [1.54, 1.807) is 0 Å². The van der Waals surface area contributed by atoms with Crippen molar-refractivity contribution in [2.75, 3.05) is 18.4 Å². The van der Waals surface area contributed by atoms with Crippen molar-refractivity contribution in [3.05, 3.63) is 39.0 Å². The van der Waals surface area contributed by atoms with E-state index in [1.165, 1.54) is 18.2 Å². The zero-order chi connectivity index (χ0) is 23.4. The number of guanidine groups is 1. The number of carbonyl (C=O) groups is 1. The van der Waals surface area contributed by atoms with Gasteiger partial charge >= 0.3 is 5.76 Å². The lowest BCUT2D eigenvalue weighted by atomic mass is 9.83. The Labute approximate surface area is 194 Å². The van der Waals surface area contributed by atoms with Gasteiger partial charge in [-0.3, -0.25) is 9.32 Å². The maximum absolute atomic E-state index is 13.6. The van der Waals surface area contributed by atoms with E-state index in [4.69, 9.17) is 14.9 Å². The molecule has 4 N–H and O–H groups in total. The largest absolute Gasteiger partial charge is 0.446 e. The van der Waals surface area contributed by atoms with E-state index < -0.39 is 11.6 Å². The summed E-state index contributed by atoms with van der Waals surface area (Å²) in [6, 6.07) is 3.98. The second-order valence-electron chi connectivity index (χ2n) is 7.41. The summed E-state index contributed by atoms with van der Waals surface area (Å²) in [7, 11) is 0. The molecule has 4 rings (SSSR count). The van der Waals surface area contributed by atoms with Crippen LogP contribution in [0.15, 0.2) is 41.6 Å². The van der Waals surface area contributed by atoms with Crippen LogP contribution in [0, 0.1) is 11.7 Å². The van der Waals surface area contributed by atoms with Gasteiger partial charge in [0.05, 0.1) is 10.2 Å². The lowest BCUT2D eigenvalue weighted by molar-refractivity contribution is -0.119. The van der Waals surface area contributed by atoms with Gasteiger partial charge in [-0.2, -0.15) is 4.99 Å². The number of carbonyl (C=O) groups excluding carboxylic acids is 1. The third-order valence-electron chi connectivity index (χ3n) is 5.12. The molecule has 2 heterocycles. The van der Waals surface area contributed by atoms with Crippen molar-refractivity contribution in [2.45, 2.75) is 25.7 Å². The van der Waals surface area contributed by atoms with Crippen LogP contribution < -0.4 is 22.1 Å². The number of hydrogen-bond acceptors (Lipinski definition) is 8. The maximum atomic E-state index is 13.6. The molecule has 1 saturated carbocycles. The highest BCUT2D eigenvalue weighted by Crippen LogP contribution is 2.29. The molecule has 1 amide bonds. The third kappa shape index (κ3) is 5.27. The molecular weight excluding hydrogens is 503 g/mol. The predicted octanol–water partition coefficient (Wildman–Crippen LogP) is 1.81. The van der Waals surface area contributed by atoms with E-state index in [-0.39, 0.29) is 33.7 Å². The first-order valence-electron chi connectivity index (χ1n) is 10.1. The molecule has 33 heavy (non-hydrogen) atoms. The fraction of sp³-hybridized carbons (Fsp3) is 0.368. The van der Waals surface area contributed by atoms with Crippen LogP contribution in [0.4, 0.5) is 10.2 Å². The summed E-state index contributed by atoms with van der Waals surface area (Å²) < 4.78 is 24.4. The molecule has 12 nitrogen and oxygen atoms in total. The molecule has 2 aromatic heterocycles. The highest BCUT2D eigenvalue weighted by atomic mass is 79.9. The number of nitrogens with two attached hydrogens (primary N) is 1. The number of aliphatic imine (C=N–C) groups is 1. The average Bonchev–Trinajstić information content (AvgIpc) is 3.36. The highest BCUT2D eigenvalue weighted by Gasteiger charge is 2.23. The quantitative estimate of drug-likeness (QED) is 0.225. The Morgan fingerprint density at radius 2 is 2.12 bits per heavy atom. The van der Waals surface area contributed by atoms with Gasteiger partial charge in [-0.15, -0.1) is 0 Å². The van der Waals surface area contributed by atoms with Gasteiger partial charge in [0.1, 0.15) is 5.82 Å². The van der Waals surface area contributed by atoms with Crippen molar-refractivity contribution in [1.82, 2.24) is 25.4 Å². The van der Waals surface area contributed by atoms with Crippen LogP contribution in [0.25, 0.3) is 17.2 Å². The first-order chi connectivity index (χ1) is 15.9. The number of halogens is 2. The molecule has 0 unspecified atom stereocenters. The molecular formula is C19H20BrFN8O4. The number of anilines is 1. The number of nitrogens with one attached hydrogen (secondary N) is 2. The number of amides is 1. The van der Waals surface area contributed by atoms with Crippen molar-refractivity contribution >= 4 is 33.6 Å². The van der Waals surface area contributed by atoms with Gasteiger partial charge in [0, 0.05) is 19.5 Å². The van der Waals surface area contributed by atoms with E-state index in [9.17, 15) is 14.0 Å². The normalized spacial score (nSPS) is 14.2. The summed E-state index contributed by atoms with van der Waals surface area (Å²) in [6.45, 7) is 0.618. The average molecular weight is 523 g/mol. The molecule has 14 heteroatoms. The zero-order valence-electron chi connectivity index (χ0n) is 17.3. The summed E-state index contributed by atoms with van der Waals surface area (Å²) >= 11 is 3.08. The molecule has 1 fully saturated rings. The Morgan fingerprint density at radius 1 is 1.30 bits per heavy atom. The lowest BCUT2D eigenvalue weighted by Crippen LogP contribution is -2.36. The van der Waals surface area contributed by atoms with E-state index in [0.717, 1.165) is 23.8 Å². The van der Waals surface area contributed by atoms with Gasteiger partial charge < -0.3 is 16.4 Å². The van der Waals surface area contributed by atoms with Crippen LogP contribution in [0.2, 0.25) is 0 Å². The number of benzene rings is 1. The molecule has 0 saturated heterocycles. The molecule has 1 aliphatic rings. The van der Waals surface area contributed by atoms with Gasteiger partial charge in [-0.25, -0.2) is 18.4 Å². The molecule has 1 aliphatic carbocycles. The Balaban J connectivity index is 1.39. The van der Waals surface area contributed by atoms with Crippen LogP contribution in [0.1, 0.15) is 25.7 Å². The summed E-state index contributed by atoms with van der Waals surface area (Å²) in [5.41, 5.74) is 6.16. The molecule has 1 aromatic carbocycles. The molecule has 174 valence electrons. The lowest BCUT2D eigenvalue weighted by Gasteiger charge is -2.23. The number of aromatic nitrogens is 4. The first-order valence-corrected chi connectivity index (χ1v) is 10.9. The molecule has 3 aromatic rings. The van der Waals surface area contributed by atoms with E-state index in [0.29, 0.717) is 31.1 Å². The summed E-state index contributed by atoms with van der Waals surface area (Å²) in [6.07, 6.45) is 3.69. The second kappa shape index (κ2) is 9.94. The predicted molar refractivity (Wildman–Crippen MR) is 118 cm³/mol. The Hall–Kier alpha value is -3.55.